The molecule has 0 unspecified atom stereocenters. The van der Waals surface area contributed by atoms with E-state index >= 15 is 0 Å². The Morgan fingerprint density at radius 1 is 1.28 bits per heavy atom. The first-order chi connectivity index (χ1) is 15.5. The van der Waals surface area contributed by atoms with Crippen molar-refractivity contribution >= 4 is 34.6 Å². The Labute approximate surface area is 188 Å². The normalized spacial score (nSPS) is 13.5. The minimum absolute atomic E-state index is 0.0857. The number of fused-ring (bicyclic) bond motifs is 2. The lowest BCUT2D eigenvalue weighted by Gasteiger charge is -2.27. The fourth-order valence-corrected chi connectivity index (χ4v) is 5.02. The van der Waals surface area contributed by atoms with E-state index in [-0.39, 0.29) is 11.8 Å². The number of rotatable bonds is 5. The van der Waals surface area contributed by atoms with E-state index in [4.69, 9.17) is 4.52 Å². The molecule has 164 valence electrons. The van der Waals surface area contributed by atoms with Crippen molar-refractivity contribution in [2.24, 2.45) is 5.92 Å². The zero-order valence-electron chi connectivity index (χ0n) is 17.7. The number of anilines is 1. The third kappa shape index (κ3) is 3.77. The topological polar surface area (TPSA) is 106 Å². The van der Waals surface area contributed by atoms with Crippen LogP contribution in [0.5, 0.6) is 0 Å². The number of carbonyl (C=O) groups is 2. The molecule has 0 aromatic carbocycles. The van der Waals surface area contributed by atoms with Crippen molar-refractivity contribution in [2.75, 3.05) is 11.9 Å². The van der Waals surface area contributed by atoms with Gasteiger partial charge in [-0.2, -0.15) is 5.10 Å². The molecule has 1 aliphatic heterocycles. The highest BCUT2D eigenvalue weighted by Crippen LogP contribution is 2.30. The van der Waals surface area contributed by atoms with Gasteiger partial charge in [0.2, 0.25) is 5.88 Å². The zero-order valence-corrected chi connectivity index (χ0v) is 18.6. The van der Waals surface area contributed by atoms with Crippen LogP contribution in [0.3, 0.4) is 0 Å². The molecule has 1 aliphatic rings. The lowest BCUT2D eigenvalue weighted by molar-refractivity contribution is 0.0739. The van der Waals surface area contributed by atoms with Gasteiger partial charge in [-0.05, 0) is 24.3 Å². The Kier molecular flexibility index (Phi) is 5.22. The SMILES string of the molecule is CC(C)Cc1cc(NC(=O)c2csc3c2CCN(C(=O)c2cnn4ccncc24)C3)on1. The van der Waals surface area contributed by atoms with Crippen LogP contribution >= 0.6 is 11.3 Å². The number of carbonyl (C=O) groups excluding carboxylic acids is 2. The molecule has 5 heterocycles. The molecule has 9 nitrogen and oxygen atoms in total. The van der Waals surface area contributed by atoms with Crippen LogP contribution in [0.15, 0.2) is 40.8 Å². The maximum absolute atomic E-state index is 13.1. The van der Waals surface area contributed by atoms with Gasteiger partial charge in [0.25, 0.3) is 11.8 Å². The summed E-state index contributed by atoms with van der Waals surface area (Å²) in [6.07, 6.45) is 7.96. The molecule has 4 aromatic rings. The first kappa shape index (κ1) is 20.4. The van der Waals surface area contributed by atoms with Crippen molar-refractivity contribution in [1.82, 2.24) is 24.7 Å². The van der Waals surface area contributed by atoms with Gasteiger partial charge in [0.15, 0.2) is 0 Å². The summed E-state index contributed by atoms with van der Waals surface area (Å²) in [6.45, 7) is 5.20. The maximum atomic E-state index is 13.1. The largest absolute Gasteiger partial charge is 0.338 e. The van der Waals surface area contributed by atoms with Gasteiger partial charge in [0, 0.05) is 35.3 Å². The van der Waals surface area contributed by atoms with Crippen LogP contribution in [-0.4, -0.2) is 43.0 Å². The fraction of sp³-hybridized carbons (Fsp3) is 0.318. The van der Waals surface area contributed by atoms with E-state index in [1.54, 1.807) is 40.3 Å². The number of thiophene rings is 1. The van der Waals surface area contributed by atoms with Gasteiger partial charge in [-0.15, -0.1) is 11.3 Å². The summed E-state index contributed by atoms with van der Waals surface area (Å²) in [6, 6.07) is 1.77. The molecule has 32 heavy (non-hydrogen) atoms. The van der Waals surface area contributed by atoms with Crippen molar-refractivity contribution in [3.63, 3.8) is 0 Å². The van der Waals surface area contributed by atoms with Crippen LogP contribution in [-0.2, 0) is 19.4 Å². The number of hydrogen-bond acceptors (Lipinski definition) is 7. The standard InChI is InChI=1S/C22H22N6O3S/c1-13(2)7-14-8-20(31-26-14)25-21(29)17-12-32-19-11-27(5-3-15(17)19)22(30)16-9-24-28-6-4-23-10-18(16)28/h4,6,8-10,12-13H,3,5,7,11H2,1-2H3,(H,25,29). The second kappa shape index (κ2) is 8.19. The summed E-state index contributed by atoms with van der Waals surface area (Å²) in [5.74, 6) is 0.496. The molecule has 2 amide bonds. The van der Waals surface area contributed by atoms with Gasteiger partial charge < -0.3 is 9.42 Å². The Morgan fingerprint density at radius 2 is 2.16 bits per heavy atom. The predicted octanol–water partition coefficient (Wildman–Crippen LogP) is 3.43. The molecule has 0 radical (unpaired) electrons. The monoisotopic (exact) mass is 450 g/mol. The summed E-state index contributed by atoms with van der Waals surface area (Å²) in [5, 5.41) is 12.9. The van der Waals surface area contributed by atoms with Gasteiger partial charge in [-0.1, -0.05) is 19.0 Å². The number of amides is 2. The summed E-state index contributed by atoms with van der Waals surface area (Å²) < 4.78 is 6.90. The first-order valence-electron chi connectivity index (χ1n) is 10.4. The number of nitrogens with zero attached hydrogens (tertiary/aromatic N) is 5. The van der Waals surface area contributed by atoms with E-state index in [2.05, 4.69) is 34.4 Å². The second-order valence-electron chi connectivity index (χ2n) is 8.23. The number of aromatic nitrogens is 4. The molecule has 0 saturated heterocycles. The van der Waals surface area contributed by atoms with E-state index in [0.717, 1.165) is 22.6 Å². The van der Waals surface area contributed by atoms with E-state index in [1.165, 1.54) is 11.3 Å². The van der Waals surface area contributed by atoms with Crippen LogP contribution in [0.4, 0.5) is 5.88 Å². The molecular formula is C22H22N6O3S. The van der Waals surface area contributed by atoms with Gasteiger partial charge in [0.1, 0.15) is 0 Å². The molecule has 10 heteroatoms. The molecule has 0 bridgehead atoms. The van der Waals surface area contributed by atoms with Crippen molar-refractivity contribution in [1.29, 1.82) is 0 Å². The van der Waals surface area contributed by atoms with Crippen molar-refractivity contribution < 1.29 is 14.1 Å². The Balaban J connectivity index is 1.30. The molecule has 0 saturated carbocycles. The smallest absolute Gasteiger partial charge is 0.259 e. The van der Waals surface area contributed by atoms with Crippen LogP contribution in [0.25, 0.3) is 5.52 Å². The third-order valence-corrected chi connectivity index (χ3v) is 6.46. The van der Waals surface area contributed by atoms with Gasteiger partial charge in [-0.3, -0.25) is 19.9 Å². The molecule has 0 spiro atoms. The summed E-state index contributed by atoms with van der Waals surface area (Å²) in [7, 11) is 0. The van der Waals surface area contributed by atoms with Crippen LogP contribution in [0, 0.1) is 5.92 Å². The van der Waals surface area contributed by atoms with Gasteiger partial charge in [-0.25, -0.2) is 4.52 Å². The lowest BCUT2D eigenvalue weighted by atomic mass is 10.0. The average Bonchev–Trinajstić information content (AvgIpc) is 3.50. The molecule has 5 rings (SSSR count). The molecule has 1 N–H and O–H groups in total. The van der Waals surface area contributed by atoms with Crippen LogP contribution in [0.1, 0.15) is 50.7 Å². The van der Waals surface area contributed by atoms with Crippen molar-refractivity contribution in [2.45, 2.75) is 33.2 Å². The molecule has 0 aliphatic carbocycles. The predicted molar refractivity (Wildman–Crippen MR) is 119 cm³/mol. The van der Waals surface area contributed by atoms with Crippen LogP contribution in [0.2, 0.25) is 0 Å². The Bertz CT molecular complexity index is 1300. The minimum Gasteiger partial charge on any atom is -0.338 e. The van der Waals surface area contributed by atoms with Crippen LogP contribution < -0.4 is 5.32 Å². The number of hydrogen-bond donors (Lipinski definition) is 1. The highest BCUT2D eigenvalue weighted by Gasteiger charge is 2.28. The van der Waals surface area contributed by atoms with E-state index < -0.39 is 0 Å². The first-order valence-corrected chi connectivity index (χ1v) is 11.3. The highest BCUT2D eigenvalue weighted by molar-refractivity contribution is 7.10. The zero-order chi connectivity index (χ0) is 22.2. The van der Waals surface area contributed by atoms with Gasteiger partial charge in [0.05, 0.1) is 41.3 Å². The van der Waals surface area contributed by atoms with Crippen molar-refractivity contribution in [3.05, 3.63) is 63.5 Å². The van der Waals surface area contributed by atoms with Gasteiger partial charge >= 0.3 is 0 Å². The maximum Gasteiger partial charge on any atom is 0.259 e. The highest BCUT2D eigenvalue weighted by atomic mass is 32.1. The molecular weight excluding hydrogens is 428 g/mol. The fourth-order valence-electron chi connectivity index (χ4n) is 3.93. The van der Waals surface area contributed by atoms with E-state index in [1.807, 2.05) is 5.38 Å². The summed E-state index contributed by atoms with van der Waals surface area (Å²) in [4.78, 5) is 32.8. The second-order valence-corrected chi connectivity index (χ2v) is 9.19. The molecule has 0 fully saturated rings. The lowest BCUT2D eigenvalue weighted by Crippen LogP contribution is -2.35. The van der Waals surface area contributed by atoms with E-state index in [0.29, 0.717) is 48.0 Å². The summed E-state index contributed by atoms with van der Waals surface area (Å²) in [5.41, 5.74) is 3.64. The average molecular weight is 451 g/mol. The van der Waals surface area contributed by atoms with E-state index in [9.17, 15) is 9.59 Å². The van der Waals surface area contributed by atoms with Crippen molar-refractivity contribution in [3.8, 4) is 0 Å². The quantitative estimate of drug-likeness (QED) is 0.499. The molecule has 4 aromatic heterocycles. The Hall–Kier alpha value is -3.53. The summed E-state index contributed by atoms with van der Waals surface area (Å²) >= 11 is 1.49. The number of nitrogens with one attached hydrogen (secondary N) is 1. The third-order valence-electron chi connectivity index (χ3n) is 5.45. The molecule has 0 atom stereocenters. The Morgan fingerprint density at radius 3 is 3.00 bits per heavy atom. The minimum atomic E-state index is -0.219.